The van der Waals surface area contributed by atoms with Gasteiger partial charge in [-0.1, -0.05) is 0 Å². The van der Waals surface area contributed by atoms with Crippen molar-refractivity contribution in [1.82, 2.24) is 9.62 Å². The Morgan fingerprint density at radius 3 is 2.67 bits per heavy atom. The van der Waals surface area contributed by atoms with E-state index >= 15 is 0 Å². The molecule has 1 fully saturated rings. The van der Waals surface area contributed by atoms with Crippen molar-refractivity contribution < 1.29 is 23.1 Å². The molecule has 0 bridgehead atoms. The molecule has 0 saturated carbocycles. The molecule has 7 nitrogen and oxygen atoms in total. The first-order valence-corrected chi connectivity index (χ1v) is 8.95. The highest BCUT2D eigenvalue weighted by atomic mass is 32.2. The van der Waals surface area contributed by atoms with E-state index in [2.05, 4.69) is 5.32 Å². The van der Waals surface area contributed by atoms with Gasteiger partial charge in [0.15, 0.2) is 0 Å². The van der Waals surface area contributed by atoms with E-state index in [4.69, 9.17) is 5.11 Å². The van der Waals surface area contributed by atoms with Crippen LogP contribution in [0.3, 0.4) is 0 Å². The Morgan fingerprint density at radius 2 is 2.05 bits per heavy atom. The zero-order valence-corrected chi connectivity index (χ0v) is 13.2. The number of hydrogen-bond donors (Lipinski definition) is 2. The number of carbonyl (C=O) groups excluding carboxylic acids is 1. The number of piperidine rings is 1. The summed E-state index contributed by atoms with van der Waals surface area (Å²) in [5.74, 6) is -1.23. The Balaban J connectivity index is 2.35. The highest BCUT2D eigenvalue weighted by Gasteiger charge is 2.31. The van der Waals surface area contributed by atoms with E-state index in [0.29, 0.717) is 38.8 Å². The summed E-state index contributed by atoms with van der Waals surface area (Å²) in [7, 11) is -3.24. The van der Waals surface area contributed by atoms with Crippen LogP contribution in [-0.4, -0.2) is 55.1 Å². The lowest BCUT2D eigenvalue weighted by Gasteiger charge is -2.30. The predicted molar refractivity (Wildman–Crippen MR) is 78.3 cm³/mol. The molecule has 1 heterocycles. The SMILES string of the molecule is CCS(=O)(=O)N1CCCC(C(=O)NCCCCC(=O)O)C1. The number of hydrogen-bond acceptors (Lipinski definition) is 4. The summed E-state index contributed by atoms with van der Waals surface area (Å²) in [5.41, 5.74) is 0. The van der Waals surface area contributed by atoms with Gasteiger partial charge in [-0.15, -0.1) is 0 Å². The summed E-state index contributed by atoms with van der Waals surface area (Å²) in [4.78, 5) is 22.4. The van der Waals surface area contributed by atoms with E-state index in [-0.39, 0.29) is 30.5 Å². The van der Waals surface area contributed by atoms with Gasteiger partial charge in [0.05, 0.1) is 11.7 Å². The zero-order chi connectivity index (χ0) is 15.9. The van der Waals surface area contributed by atoms with Gasteiger partial charge < -0.3 is 10.4 Å². The molecule has 1 rings (SSSR count). The Bertz CT molecular complexity index is 463. The quantitative estimate of drug-likeness (QED) is 0.631. The van der Waals surface area contributed by atoms with Crippen molar-refractivity contribution in [2.75, 3.05) is 25.4 Å². The maximum Gasteiger partial charge on any atom is 0.303 e. The Morgan fingerprint density at radius 1 is 1.33 bits per heavy atom. The van der Waals surface area contributed by atoms with Crippen LogP contribution in [0.25, 0.3) is 0 Å². The normalized spacial score (nSPS) is 20.1. The fraction of sp³-hybridized carbons (Fsp3) is 0.846. The highest BCUT2D eigenvalue weighted by Crippen LogP contribution is 2.19. The number of nitrogens with zero attached hydrogens (tertiary/aromatic N) is 1. The molecule has 0 spiro atoms. The average Bonchev–Trinajstić information content (AvgIpc) is 2.46. The van der Waals surface area contributed by atoms with Crippen LogP contribution in [0.15, 0.2) is 0 Å². The molecule has 1 aliphatic heterocycles. The second-order valence-corrected chi connectivity index (χ2v) is 7.50. The molecule has 1 aliphatic rings. The van der Waals surface area contributed by atoms with Gasteiger partial charge in [-0.3, -0.25) is 9.59 Å². The average molecular weight is 320 g/mol. The summed E-state index contributed by atoms with van der Waals surface area (Å²) >= 11 is 0. The highest BCUT2D eigenvalue weighted by molar-refractivity contribution is 7.89. The van der Waals surface area contributed by atoms with Crippen molar-refractivity contribution in [3.05, 3.63) is 0 Å². The lowest BCUT2D eigenvalue weighted by Crippen LogP contribution is -2.46. The molecular weight excluding hydrogens is 296 g/mol. The third-order valence-electron chi connectivity index (χ3n) is 3.63. The minimum absolute atomic E-state index is 0.0521. The Kier molecular flexibility index (Phi) is 7.10. The summed E-state index contributed by atoms with van der Waals surface area (Å²) in [5, 5.41) is 11.3. The minimum Gasteiger partial charge on any atom is -0.481 e. The molecule has 0 aromatic heterocycles. The van der Waals surface area contributed by atoms with Crippen molar-refractivity contribution >= 4 is 21.9 Å². The molecule has 0 aromatic rings. The van der Waals surface area contributed by atoms with E-state index in [1.165, 1.54) is 4.31 Å². The molecular formula is C13H24N2O5S. The van der Waals surface area contributed by atoms with Crippen LogP contribution in [0.2, 0.25) is 0 Å². The third-order valence-corrected chi connectivity index (χ3v) is 5.48. The van der Waals surface area contributed by atoms with Crippen LogP contribution in [0.4, 0.5) is 0 Å². The second-order valence-electron chi connectivity index (χ2n) is 5.24. The number of carboxylic acids is 1. The lowest BCUT2D eigenvalue weighted by atomic mass is 9.99. The molecule has 1 saturated heterocycles. The molecule has 1 amide bonds. The van der Waals surface area contributed by atoms with Crippen LogP contribution in [-0.2, 0) is 19.6 Å². The number of carbonyl (C=O) groups is 2. The van der Waals surface area contributed by atoms with Gasteiger partial charge >= 0.3 is 5.97 Å². The summed E-state index contributed by atoms with van der Waals surface area (Å²) in [6, 6.07) is 0. The standard InChI is InChI=1S/C13H24N2O5S/c1-2-21(19,20)15-9-5-6-11(10-15)13(18)14-8-4-3-7-12(16)17/h11H,2-10H2,1H3,(H,14,18)(H,16,17). The van der Waals surface area contributed by atoms with Crippen molar-refractivity contribution in [2.24, 2.45) is 5.92 Å². The van der Waals surface area contributed by atoms with Crippen LogP contribution in [0, 0.1) is 5.92 Å². The third kappa shape index (κ3) is 6.01. The number of rotatable bonds is 8. The molecule has 122 valence electrons. The van der Waals surface area contributed by atoms with Gasteiger partial charge in [0.1, 0.15) is 0 Å². The molecule has 0 aromatic carbocycles. The maximum atomic E-state index is 12.0. The Hall–Kier alpha value is -1.15. The predicted octanol–water partition coefficient (Wildman–Crippen LogP) is 0.419. The molecule has 1 unspecified atom stereocenters. The van der Waals surface area contributed by atoms with Gasteiger partial charge in [0, 0.05) is 26.1 Å². The summed E-state index contributed by atoms with van der Waals surface area (Å²) in [6.07, 6.45) is 2.62. The van der Waals surface area contributed by atoms with E-state index < -0.39 is 16.0 Å². The van der Waals surface area contributed by atoms with Crippen LogP contribution < -0.4 is 5.32 Å². The number of carboxylic acid groups (broad SMARTS) is 1. The summed E-state index contributed by atoms with van der Waals surface area (Å²) in [6.45, 7) is 2.76. The van der Waals surface area contributed by atoms with Gasteiger partial charge in [-0.25, -0.2) is 12.7 Å². The number of amides is 1. The Labute approximate surface area is 125 Å². The molecule has 2 N–H and O–H groups in total. The monoisotopic (exact) mass is 320 g/mol. The lowest BCUT2D eigenvalue weighted by molar-refractivity contribution is -0.137. The van der Waals surface area contributed by atoms with E-state index in [1.807, 2.05) is 0 Å². The van der Waals surface area contributed by atoms with E-state index in [1.54, 1.807) is 6.92 Å². The van der Waals surface area contributed by atoms with Crippen molar-refractivity contribution in [3.63, 3.8) is 0 Å². The fourth-order valence-corrected chi connectivity index (χ4v) is 3.53. The van der Waals surface area contributed by atoms with E-state index in [0.717, 1.165) is 0 Å². The number of unbranched alkanes of at least 4 members (excludes halogenated alkanes) is 1. The zero-order valence-electron chi connectivity index (χ0n) is 12.4. The number of aliphatic carboxylic acids is 1. The molecule has 0 radical (unpaired) electrons. The number of sulfonamides is 1. The first kappa shape index (κ1) is 17.9. The molecule has 21 heavy (non-hydrogen) atoms. The van der Waals surface area contributed by atoms with Crippen LogP contribution >= 0.6 is 0 Å². The summed E-state index contributed by atoms with van der Waals surface area (Å²) < 4.78 is 25.0. The second kappa shape index (κ2) is 8.33. The minimum atomic E-state index is -3.24. The van der Waals surface area contributed by atoms with Gasteiger partial charge in [0.25, 0.3) is 0 Å². The molecule has 1 atom stereocenters. The smallest absolute Gasteiger partial charge is 0.303 e. The maximum absolute atomic E-state index is 12.0. The molecule has 8 heteroatoms. The van der Waals surface area contributed by atoms with Crippen molar-refractivity contribution in [3.8, 4) is 0 Å². The first-order chi connectivity index (χ1) is 9.86. The topological polar surface area (TPSA) is 104 Å². The molecule has 0 aliphatic carbocycles. The van der Waals surface area contributed by atoms with Crippen LogP contribution in [0.5, 0.6) is 0 Å². The van der Waals surface area contributed by atoms with Gasteiger partial charge in [-0.2, -0.15) is 0 Å². The van der Waals surface area contributed by atoms with E-state index in [9.17, 15) is 18.0 Å². The van der Waals surface area contributed by atoms with Crippen molar-refractivity contribution in [1.29, 1.82) is 0 Å². The first-order valence-electron chi connectivity index (χ1n) is 7.34. The van der Waals surface area contributed by atoms with Gasteiger partial charge in [-0.05, 0) is 32.6 Å². The van der Waals surface area contributed by atoms with Crippen molar-refractivity contribution in [2.45, 2.75) is 39.0 Å². The fourth-order valence-electron chi connectivity index (χ4n) is 2.35. The largest absolute Gasteiger partial charge is 0.481 e. The number of nitrogens with one attached hydrogen (secondary N) is 1. The van der Waals surface area contributed by atoms with Crippen LogP contribution in [0.1, 0.15) is 39.0 Å². The van der Waals surface area contributed by atoms with Gasteiger partial charge in [0.2, 0.25) is 15.9 Å².